The van der Waals surface area contributed by atoms with E-state index >= 15 is 4.39 Å². The standard InChI is InChI=1S/C22H24F3N5O2/c1-21(2,23)18-17-14(5-7-27-19(17)29-20(31)32-18)15-11-13(22(3,24)25)12-16(28-15)30-9-4-6-26-8-10-30/h5-7,11-12,18H,4,8-10H2,1-3H3,(H,27,29,31)/t18-/m0/s1. The Kier molecular flexibility index (Phi) is 5.56. The lowest BCUT2D eigenvalue weighted by Crippen LogP contribution is -2.35. The number of amides is 1. The van der Waals surface area contributed by atoms with Gasteiger partial charge in [-0.05, 0) is 38.5 Å². The third-order valence-electron chi connectivity index (χ3n) is 5.40. The first-order valence-electron chi connectivity index (χ1n) is 10.3. The molecule has 0 saturated carbocycles. The van der Waals surface area contributed by atoms with Gasteiger partial charge in [-0.2, -0.15) is 0 Å². The van der Waals surface area contributed by atoms with Gasteiger partial charge in [0.05, 0.1) is 12.2 Å². The number of aromatic nitrogens is 2. The molecule has 0 bridgehead atoms. The van der Waals surface area contributed by atoms with Gasteiger partial charge in [0.15, 0.2) is 6.10 Å². The average molecular weight is 447 g/mol. The van der Waals surface area contributed by atoms with E-state index in [1.165, 1.54) is 32.2 Å². The predicted molar refractivity (Wildman–Crippen MR) is 115 cm³/mol. The Labute approximate surface area is 183 Å². The van der Waals surface area contributed by atoms with Crippen LogP contribution >= 0.6 is 0 Å². The highest BCUT2D eigenvalue weighted by Crippen LogP contribution is 2.44. The summed E-state index contributed by atoms with van der Waals surface area (Å²) < 4.78 is 49.1. The molecule has 0 fully saturated rings. The first kappa shape index (κ1) is 22.0. The molecule has 2 aromatic rings. The lowest BCUT2D eigenvalue weighted by molar-refractivity contribution is 0.000628. The lowest BCUT2D eigenvalue weighted by atomic mass is 9.90. The highest BCUT2D eigenvalue weighted by atomic mass is 19.3. The number of hydrogen-bond acceptors (Lipinski definition) is 6. The summed E-state index contributed by atoms with van der Waals surface area (Å²) in [6.45, 7) is 5.04. The largest absolute Gasteiger partial charge is 0.437 e. The van der Waals surface area contributed by atoms with Crippen LogP contribution in [0.25, 0.3) is 11.3 Å². The number of carbonyl (C=O) groups is 1. The van der Waals surface area contributed by atoms with Crippen LogP contribution in [-0.4, -0.2) is 47.6 Å². The highest BCUT2D eigenvalue weighted by Gasteiger charge is 2.42. The lowest BCUT2D eigenvalue weighted by Gasteiger charge is -2.33. The van der Waals surface area contributed by atoms with E-state index in [0.29, 0.717) is 37.4 Å². The van der Waals surface area contributed by atoms with Crippen molar-refractivity contribution in [3.63, 3.8) is 0 Å². The number of halogens is 3. The number of hydrogen-bond donors (Lipinski definition) is 1. The van der Waals surface area contributed by atoms with Crippen LogP contribution in [-0.2, 0) is 10.7 Å². The van der Waals surface area contributed by atoms with Gasteiger partial charge >= 0.3 is 6.09 Å². The molecule has 0 spiro atoms. The summed E-state index contributed by atoms with van der Waals surface area (Å²) in [5.74, 6) is -2.62. The maximum Gasteiger partial charge on any atom is 0.413 e. The molecule has 1 N–H and O–H groups in total. The van der Waals surface area contributed by atoms with Crippen LogP contribution in [0.3, 0.4) is 0 Å². The fraction of sp³-hybridized carbons (Fsp3) is 0.455. The highest BCUT2D eigenvalue weighted by molar-refractivity contribution is 5.89. The zero-order valence-electron chi connectivity index (χ0n) is 18.0. The van der Waals surface area contributed by atoms with Gasteiger partial charge in [-0.1, -0.05) is 0 Å². The van der Waals surface area contributed by atoms with Crippen molar-refractivity contribution in [1.29, 1.82) is 0 Å². The van der Waals surface area contributed by atoms with Crippen LogP contribution in [0.1, 0.15) is 44.4 Å². The number of ether oxygens (including phenoxy) is 1. The Morgan fingerprint density at radius 2 is 1.97 bits per heavy atom. The summed E-state index contributed by atoms with van der Waals surface area (Å²) in [7, 11) is 0. The number of fused-ring (bicyclic) bond motifs is 1. The minimum atomic E-state index is -3.12. The first-order valence-corrected chi connectivity index (χ1v) is 10.3. The number of pyridine rings is 2. The number of alkyl halides is 3. The Hall–Kier alpha value is -3.17. The number of aliphatic imine (C=N–C) groups is 1. The smallest absolute Gasteiger partial charge is 0.413 e. The Bertz CT molecular complexity index is 1050. The van der Waals surface area contributed by atoms with Gasteiger partial charge in [0.1, 0.15) is 17.3 Å². The molecular formula is C22H24F3N5O2. The monoisotopic (exact) mass is 447 g/mol. The van der Waals surface area contributed by atoms with E-state index in [4.69, 9.17) is 4.74 Å². The van der Waals surface area contributed by atoms with Gasteiger partial charge in [-0.15, -0.1) is 0 Å². The number of nitrogens with zero attached hydrogens (tertiary/aromatic N) is 4. The summed E-state index contributed by atoms with van der Waals surface area (Å²) in [6, 6.07) is 4.22. The van der Waals surface area contributed by atoms with Crippen molar-refractivity contribution >= 4 is 23.9 Å². The van der Waals surface area contributed by atoms with E-state index in [1.54, 1.807) is 6.07 Å². The number of anilines is 2. The molecule has 0 aromatic carbocycles. The van der Waals surface area contributed by atoms with Gasteiger partial charge in [0.2, 0.25) is 0 Å². The average Bonchev–Trinajstić information content (AvgIpc) is 3.00. The second kappa shape index (κ2) is 8.07. The van der Waals surface area contributed by atoms with E-state index in [9.17, 15) is 13.6 Å². The molecule has 4 rings (SSSR count). The Balaban J connectivity index is 1.89. The Morgan fingerprint density at radius 3 is 2.69 bits per heavy atom. The molecule has 2 aliphatic rings. The van der Waals surface area contributed by atoms with E-state index in [-0.39, 0.29) is 22.6 Å². The van der Waals surface area contributed by atoms with Crippen LogP contribution in [0, 0.1) is 0 Å². The molecule has 2 aromatic heterocycles. The van der Waals surface area contributed by atoms with Crippen LogP contribution in [0.4, 0.5) is 29.6 Å². The quantitative estimate of drug-likeness (QED) is 0.722. The molecule has 0 radical (unpaired) electrons. The third kappa shape index (κ3) is 4.39. The summed E-state index contributed by atoms with van der Waals surface area (Å²) in [6.07, 6.45) is 1.79. The number of cyclic esters (lactones) is 1. The summed E-state index contributed by atoms with van der Waals surface area (Å²) in [4.78, 5) is 26.9. The number of carbonyl (C=O) groups excluding carboxylic acids is 1. The summed E-state index contributed by atoms with van der Waals surface area (Å²) in [5, 5.41) is 2.46. The number of rotatable bonds is 4. The molecule has 7 nitrogen and oxygen atoms in total. The molecular weight excluding hydrogens is 423 g/mol. The van der Waals surface area contributed by atoms with Crippen LogP contribution in [0.2, 0.25) is 0 Å². The SMILES string of the molecule is CC(F)(F)c1cc(-c2ccnc3c2[C@@H](C(C)(C)F)OC(=O)N3)nc(N2CCC=NCC2)c1. The van der Waals surface area contributed by atoms with E-state index in [1.807, 2.05) is 11.1 Å². The van der Waals surface area contributed by atoms with Crippen molar-refractivity contribution < 1.29 is 22.7 Å². The zero-order chi connectivity index (χ0) is 23.1. The van der Waals surface area contributed by atoms with Crippen LogP contribution in [0.15, 0.2) is 29.4 Å². The minimum Gasteiger partial charge on any atom is -0.437 e. The molecule has 0 aliphatic carbocycles. The second-order valence-electron chi connectivity index (χ2n) is 8.45. The van der Waals surface area contributed by atoms with Gasteiger partial charge in [-0.3, -0.25) is 10.3 Å². The molecule has 32 heavy (non-hydrogen) atoms. The maximum atomic E-state index is 15.0. The fourth-order valence-corrected chi connectivity index (χ4v) is 3.82. The van der Waals surface area contributed by atoms with Crippen molar-refractivity contribution in [2.75, 3.05) is 29.9 Å². The van der Waals surface area contributed by atoms with E-state index < -0.39 is 23.8 Å². The number of nitrogens with one attached hydrogen (secondary N) is 1. The van der Waals surface area contributed by atoms with Gasteiger partial charge in [-0.25, -0.2) is 27.9 Å². The predicted octanol–water partition coefficient (Wildman–Crippen LogP) is 4.89. The van der Waals surface area contributed by atoms with Gasteiger partial charge in [0.25, 0.3) is 5.92 Å². The second-order valence-corrected chi connectivity index (χ2v) is 8.45. The third-order valence-corrected chi connectivity index (χ3v) is 5.40. The molecule has 2 aliphatic heterocycles. The fourth-order valence-electron chi connectivity index (χ4n) is 3.82. The maximum absolute atomic E-state index is 15.0. The van der Waals surface area contributed by atoms with Gasteiger partial charge in [0, 0.05) is 49.1 Å². The van der Waals surface area contributed by atoms with E-state index in [0.717, 1.165) is 6.92 Å². The molecule has 10 heteroatoms. The van der Waals surface area contributed by atoms with Crippen LogP contribution < -0.4 is 10.2 Å². The zero-order valence-corrected chi connectivity index (χ0v) is 18.0. The van der Waals surface area contributed by atoms with Crippen molar-refractivity contribution in [2.24, 2.45) is 4.99 Å². The molecule has 170 valence electrons. The normalized spacial score (nSPS) is 19.1. The van der Waals surface area contributed by atoms with Crippen molar-refractivity contribution in [3.8, 4) is 11.3 Å². The van der Waals surface area contributed by atoms with Crippen molar-refractivity contribution in [3.05, 3.63) is 35.5 Å². The van der Waals surface area contributed by atoms with Crippen molar-refractivity contribution in [1.82, 2.24) is 9.97 Å². The summed E-state index contributed by atoms with van der Waals surface area (Å²) in [5.41, 5.74) is -1.32. The molecule has 4 heterocycles. The molecule has 1 atom stereocenters. The van der Waals surface area contributed by atoms with Gasteiger partial charge < -0.3 is 9.64 Å². The Morgan fingerprint density at radius 1 is 1.19 bits per heavy atom. The molecule has 1 amide bonds. The first-order chi connectivity index (χ1) is 15.0. The van der Waals surface area contributed by atoms with Crippen molar-refractivity contribution in [2.45, 2.75) is 44.9 Å². The minimum absolute atomic E-state index is 0.120. The van der Waals surface area contributed by atoms with E-state index in [2.05, 4.69) is 20.3 Å². The topological polar surface area (TPSA) is 79.7 Å². The molecule has 0 unspecified atom stereocenters. The summed E-state index contributed by atoms with van der Waals surface area (Å²) >= 11 is 0. The van der Waals surface area contributed by atoms with Crippen LogP contribution in [0.5, 0.6) is 0 Å². The molecule has 0 saturated heterocycles.